The largest absolute Gasteiger partial charge is 0.493 e. The average Bonchev–Trinajstić information content (AvgIpc) is 3.17. The normalized spacial score (nSPS) is 15.7. The highest BCUT2D eigenvalue weighted by Gasteiger charge is 2.27. The molecule has 0 saturated carbocycles. The number of rotatable bonds is 9. The van der Waals surface area contributed by atoms with Crippen molar-refractivity contribution >= 4 is 24.2 Å². The Labute approximate surface area is 173 Å². The van der Waals surface area contributed by atoms with E-state index >= 15 is 0 Å². The van der Waals surface area contributed by atoms with Gasteiger partial charge in [0.05, 0.1) is 7.11 Å². The average molecular weight is 414 g/mol. The summed E-state index contributed by atoms with van der Waals surface area (Å²) in [5.41, 5.74) is 0.561. The summed E-state index contributed by atoms with van der Waals surface area (Å²) in [6, 6.07) is 5.37. The summed E-state index contributed by atoms with van der Waals surface area (Å²) in [6.45, 7) is 8.24. The number of carbonyl (C=O) groups is 2. The fraction of sp³-hybridized carbons (Fsp3) is 0.600. The van der Waals surface area contributed by atoms with Crippen LogP contribution in [-0.4, -0.2) is 62.1 Å². The fourth-order valence-corrected chi connectivity index (χ4v) is 3.19. The molecule has 2 N–H and O–H groups in total. The maximum atomic E-state index is 13.0. The number of nitrogens with one attached hydrogen (secondary N) is 2. The van der Waals surface area contributed by atoms with E-state index < -0.39 is 0 Å². The summed E-state index contributed by atoms with van der Waals surface area (Å²) >= 11 is 0. The second-order valence-electron chi connectivity index (χ2n) is 7.02. The summed E-state index contributed by atoms with van der Waals surface area (Å²) < 4.78 is 10.9. The Hall–Kier alpha value is -1.99. The molecule has 2 rings (SSSR count). The van der Waals surface area contributed by atoms with Crippen LogP contribution < -0.4 is 20.1 Å². The Bertz CT molecular complexity index is 648. The summed E-state index contributed by atoms with van der Waals surface area (Å²) in [4.78, 5) is 26.7. The molecular formula is C20H32ClN3O4. The summed E-state index contributed by atoms with van der Waals surface area (Å²) in [5, 5.41) is 6.08. The number of methoxy groups -OCH3 is 1. The second-order valence-corrected chi connectivity index (χ2v) is 7.02. The van der Waals surface area contributed by atoms with Crippen LogP contribution in [0.3, 0.4) is 0 Å². The predicted octanol–water partition coefficient (Wildman–Crippen LogP) is 2.23. The van der Waals surface area contributed by atoms with Gasteiger partial charge in [0.25, 0.3) is 11.8 Å². The van der Waals surface area contributed by atoms with Crippen molar-refractivity contribution < 1.29 is 19.1 Å². The summed E-state index contributed by atoms with van der Waals surface area (Å²) in [6.07, 6.45) is 1.88. The van der Waals surface area contributed by atoms with Gasteiger partial charge in [0, 0.05) is 30.7 Å². The molecule has 1 aromatic rings. The number of ether oxygens (including phenoxy) is 2. The van der Waals surface area contributed by atoms with E-state index in [-0.39, 0.29) is 42.9 Å². The monoisotopic (exact) mass is 413 g/mol. The number of benzene rings is 1. The zero-order valence-corrected chi connectivity index (χ0v) is 17.9. The van der Waals surface area contributed by atoms with Gasteiger partial charge in [-0.2, -0.15) is 0 Å². The zero-order valence-electron chi connectivity index (χ0n) is 17.1. The molecule has 0 bridgehead atoms. The van der Waals surface area contributed by atoms with Crippen LogP contribution in [0, 0.1) is 0 Å². The van der Waals surface area contributed by atoms with Gasteiger partial charge in [-0.1, -0.05) is 6.92 Å². The highest BCUT2D eigenvalue weighted by atomic mass is 35.5. The molecule has 0 radical (unpaired) electrons. The molecule has 7 nitrogen and oxygen atoms in total. The van der Waals surface area contributed by atoms with Crippen LogP contribution in [0.2, 0.25) is 0 Å². The van der Waals surface area contributed by atoms with Gasteiger partial charge in [-0.3, -0.25) is 9.59 Å². The third kappa shape index (κ3) is 6.56. The molecule has 2 amide bonds. The number of halogens is 1. The van der Waals surface area contributed by atoms with Crippen LogP contribution in [0.15, 0.2) is 18.2 Å². The second kappa shape index (κ2) is 11.8. The molecule has 1 unspecified atom stereocenters. The first kappa shape index (κ1) is 24.0. The lowest BCUT2D eigenvalue weighted by atomic mass is 10.1. The highest BCUT2D eigenvalue weighted by molar-refractivity contribution is 5.95. The SMILES string of the molecule is CCCN(C(=O)c1ccc(OCC(=O)NC(C)C)c(OC)c1)C1CCNC1.Cl. The van der Waals surface area contributed by atoms with Crippen LogP contribution in [0.1, 0.15) is 44.0 Å². The van der Waals surface area contributed by atoms with E-state index in [0.717, 1.165) is 32.5 Å². The number of carbonyl (C=O) groups excluding carboxylic acids is 2. The van der Waals surface area contributed by atoms with Crippen LogP contribution in [0.5, 0.6) is 11.5 Å². The van der Waals surface area contributed by atoms with Crippen LogP contribution in [-0.2, 0) is 4.79 Å². The van der Waals surface area contributed by atoms with E-state index in [9.17, 15) is 9.59 Å². The lowest BCUT2D eigenvalue weighted by Gasteiger charge is -2.28. The molecule has 1 heterocycles. The Morgan fingerprint density at radius 2 is 2.07 bits per heavy atom. The third-order valence-corrected chi connectivity index (χ3v) is 4.42. The molecule has 0 aliphatic carbocycles. The Morgan fingerprint density at radius 1 is 1.32 bits per heavy atom. The molecule has 1 atom stereocenters. The van der Waals surface area contributed by atoms with Crippen molar-refractivity contribution in [1.29, 1.82) is 0 Å². The van der Waals surface area contributed by atoms with E-state index in [1.165, 1.54) is 7.11 Å². The Balaban J connectivity index is 0.00000392. The molecule has 1 saturated heterocycles. The minimum Gasteiger partial charge on any atom is -0.493 e. The lowest BCUT2D eigenvalue weighted by Crippen LogP contribution is -2.42. The Kier molecular flexibility index (Phi) is 10.1. The van der Waals surface area contributed by atoms with E-state index in [2.05, 4.69) is 17.6 Å². The molecule has 28 heavy (non-hydrogen) atoms. The number of hydrogen-bond donors (Lipinski definition) is 2. The first-order valence-electron chi connectivity index (χ1n) is 9.58. The van der Waals surface area contributed by atoms with Gasteiger partial charge in [0.1, 0.15) is 0 Å². The van der Waals surface area contributed by atoms with Crippen molar-refractivity contribution in [1.82, 2.24) is 15.5 Å². The third-order valence-electron chi connectivity index (χ3n) is 4.42. The van der Waals surface area contributed by atoms with E-state index in [1.54, 1.807) is 18.2 Å². The molecule has 1 aliphatic rings. The van der Waals surface area contributed by atoms with Crippen LogP contribution in [0.4, 0.5) is 0 Å². The van der Waals surface area contributed by atoms with E-state index in [4.69, 9.17) is 9.47 Å². The van der Waals surface area contributed by atoms with Gasteiger partial charge in [0.15, 0.2) is 18.1 Å². The van der Waals surface area contributed by atoms with E-state index in [1.807, 2.05) is 18.7 Å². The standard InChI is InChI=1S/C20H31N3O4.ClH/c1-5-10-23(16-8-9-21-12-16)20(25)15-6-7-17(18(11-15)26-4)27-13-19(24)22-14(2)3;/h6-7,11,14,16,21H,5,8-10,12-13H2,1-4H3,(H,22,24);1H. The fourth-order valence-electron chi connectivity index (χ4n) is 3.19. The quantitative estimate of drug-likeness (QED) is 0.649. The maximum absolute atomic E-state index is 13.0. The van der Waals surface area contributed by atoms with E-state index in [0.29, 0.717) is 17.1 Å². The van der Waals surface area contributed by atoms with Crippen molar-refractivity contribution in [3.8, 4) is 11.5 Å². The number of nitrogens with zero attached hydrogens (tertiary/aromatic N) is 1. The molecule has 158 valence electrons. The summed E-state index contributed by atoms with van der Waals surface area (Å²) in [7, 11) is 1.52. The van der Waals surface area contributed by atoms with Gasteiger partial charge < -0.3 is 25.0 Å². The maximum Gasteiger partial charge on any atom is 0.258 e. The molecule has 1 aliphatic heterocycles. The van der Waals surface area contributed by atoms with Crippen molar-refractivity contribution in [2.75, 3.05) is 33.4 Å². The molecule has 8 heteroatoms. The van der Waals surface area contributed by atoms with Crippen molar-refractivity contribution in [3.63, 3.8) is 0 Å². The van der Waals surface area contributed by atoms with Crippen LogP contribution in [0.25, 0.3) is 0 Å². The minimum absolute atomic E-state index is 0. The van der Waals surface area contributed by atoms with Gasteiger partial charge in [-0.05, 0) is 51.4 Å². The van der Waals surface area contributed by atoms with Gasteiger partial charge >= 0.3 is 0 Å². The first-order chi connectivity index (χ1) is 13.0. The van der Waals surface area contributed by atoms with Crippen molar-refractivity contribution in [2.45, 2.75) is 45.7 Å². The van der Waals surface area contributed by atoms with Crippen molar-refractivity contribution in [2.24, 2.45) is 0 Å². The van der Waals surface area contributed by atoms with Gasteiger partial charge in [-0.25, -0.2) is 0 Å². The smallest absolute Gasteiger partial charge is 0.258 e. The Morgan fingerprint density at radius 3 is 2.64 bits per heavy atom. The molecule has 0 aromatic heterocycles. The van der Waals surface area contributed by atoms with Crippen LogP contribution >= 0.6 is 12.4 Å². The predicted molar refractivity (Wildman–Crippen MR) is 112 cm³/mol. The first-order valence-corrected chi connectivity index (χ1v) is 9.58. The van der Waals surface area contributed by atoms with Gasteiger partial charge in [0.2, 0.25) is 0 Å². The highest BCUT2D eigenvalue weighted by Crippen LogP contribution is 2.29. The molecule has 1 aromatic carbocycles. The molecule has 1 fully saturated rings. The topological polar surface area (TPSA) is 79.9 Å². The molecule has 0 spiro atoms. The minimum atomic E-state index is -0.199. The van der Waals surface area contributed by atoms with Gasteiger partial charge in [-0.15, -0.1) is 12.4 Å². The number of amides is 2. The number of hydrogen-bond acceptors (Lipinski definition) is 5. The van der Waals surface area contributed by atoms with Crippen molar-refractivity contribution in [3.05, 3.63) is 23.8 Å². The molecular weight excluding hydrogens is 382 g/mol. The lowest BCUT2D eigenvalue weighted by molar-refractivity contribution is -0.123. The zero-order chi connectivity index (χ0) is 19.8. The summed E-state index contributed by atoms with van der Waals surface area (Å²) in [5.74, 6) is 0.680.